The standard InChI is InChI=1S/Na.H4O8P2/c;1-9(2,3)7-8-10(4,5)6/h;(H2,1,2,3)(H2,4,5,6)/q+1;/p-1. The summed E-state index contributed by atoms with van der Waals surface area (Å²) in [5, 5.41) is 0. The van der Waals surface area contributed by atoms with Crippen molar-refractivity contribution in [2.24, 2.45) is 0 Å². The average molecular weight is 216 g/mol. The van der Waals surface area contributed by atoms with Crippen LogP contribution in [0.3, 0.4) is 0 Å². The van der Waals surface area contributed by atoms with E-state index in [0.717, 1.165) is 0 Å². The molecule has 0 radical (unpaired) electrons. The molecule has 0 aromatic rings. The van der Waals surface area contributed by atoms with Gasteiger partial charge in [-0.05, 0) is 0 Å². The topological polar surface area (TPSA) is 136 Å². The van der Waals surface area contributed by atoms with E-state index < -0.39 is 15.6 Å². The fourth-order valence-electron chi connectivity index (χ4n) is 0.0855. The van der Waals surface area contributed by atoms with Crippen LogP contribution in [0.25, 0.3) is 0 Å². The van der Waals surface area contributed by atoms with E-state index in [1.807, 2.05) is 0 Å². The molecule has 11 heteroatoms. The van der Waals surface area contributed by atoms with Crippen LogP contribution < -0.4 is 34.5 Å². The van der Waals surface area contributed by atoms with Crippen LogP contribution in [0.5, 0.6) is 0 Å². The summed E-state index contributed by atoms with van der Waals surface area (Å²) >= 11 is 0. The van der Waals surface area contributed by atoms with E-state index in [1.165, 1.54) is 0 Å². The molecule has 0 saturated heterocycles. The molecular formula is H3NaO8P2. The summed E-state index contributed by atoms with van der Waals surface area (Å²) < 4.78 is 25.0. The van der Waals surface area contributed by atoms with E-state index in [0.29, 0.717) is 0 Å². The number of hydrogen-bond acceptors (Lipinski definition) is 5. The zero-order chi connectivity index (χ0) is 8.41. The molecule has 1 atom stereocenters. The van der Waals surface area contributed by atoms with Gasteiger partial charge in [-0.3, -0.25) is 4.57 Å². The van der Waals surface area contributed by atoms with Crippen LogP contribution in [0.1, 0.15) is 0 Å². The number of rotatable bonds is 3. The van der Waals surface area contributed by atoms with Crippen LogP contribution in [0.4, 0.5) is 0 Å². The first kappa shape index (κ1) is 14.7. The van der Waals surface area contributed by atoms with Gasteiger partial charge >= 0.3 is 37.4 Å². The third-order valence-electron chi connectivity index (χ3n) is 0.225. The zero-order valence-electron chi connectivity index (χ0n) is 5.28. The molecular weight excluding hydrogens is 213 g/mol. The van der Waals surface area contributed by atoms with Gasteiger partial charge in [0.1, 0.15) is 0 Å². The maximum absolute atomic E-state index is 9.65. The van der Waals surface area contributed by atoms with E-state index in [4.69, 9.17) is 14.7 Å². The minimum Gasteiger partial charge on any atom is -0.755 e. The molecule has 0 spiro atoms. The van der Waals surface area contributed by atoms with Crippen molar-refractivity contribution < 1.29 is 67.6 Å². The summed E-state index contributed by atoms with van der Waals surface area (Å²) in [6, 6.07) is 0. The Morgan fingerprint density at radius 2 is 1.45 bits per heavy atom. The smallest absolute Gasteiger partial charge is 0.755 e. The van der Waals surface area contributed by atoms with Crippen LogP contribution in [-0.2, 0) is 18.5 Å². The second kappa shape index (κ2) is 5.06. The van der Waals surface area contributed by atoms with Crippen LogP contribution in [-0.4, -0.2) is 14.7 Å². The quantitative estimate of drug-likeness (QED) is 0.186. The summed E-state index contributed by atoms with van der Waals surface area (Å²) in [5.41, 5.74) is 0. The maximum atomic E-state index is 9.65. The molecule has 3 N–H and O–H groups in total. The van der Waals surface area contributed by atoms with Crippen molar-refractivity contribution in [2.45, 2.75) is 0 Å². The van der Waals surface area contributed by atoms with E-state index in [9.17, 15) is 14.0 Å². The third kappa shape index (κ3) is 14.1. The normalized spacial score (nSPS) is 16.7. The molecule has 11 heavy (non-hydrogen) atoms. The molecule has 8 nitrogen and oxygen atoms in total. The maximum Gasteiger partial charge on any atom is 1.00 e. The molecule has 0 heterocycles. The summed E-state index contributed by atoms with van der Waals surface area (Å²) in [7, 11) is -10.2. The summed E-state index contributed by atoms with van der Waals surface area (Å²) in [4.78, 5) is 32.8. The largest absolute Gasteiger partial charge is 1.00 e. The van der Waals surface area contributed by atoms with Gasteiger partial charge in [-0.15, -0.1) is 4.67 Å². The van der Waals surface area contributed by atoms with Gasteiger partial charge < -0.3 is 19.6 Å². The molecule has 0 amide bonds. The number of hydrogen-bond donors (Lipinski definition) is 3. The van der Waals surface area contributed by atoms with Crippen molar-refractivity contribution in [2.75, 3.05) is 0 Å². The Morgan fingerprint density at radius 1 is 1.09 bits per heavy atom. The van der Waals surface area contributed by atoms with Crippen LogP contribution in [0, 0.1) is 0 Å². The van der Waals surface area contributed by atoms with Crippen molar-refractivity contribution in [1.29, 1.82) is 0 Å². The van der Waals surface area contributed by atoms with Gasteiger partial charge in [-0.1, -0.05) is 0 Å². The Morgan fingerprint density at radius 3 is 1.55 bits per heavy atom. The van der Waals surface area contributed by atoms with Crippen molar-refractivity contribution in [3.63, 3.8) is 0 Å². The molecule has 0 aliphatic carbocycles. The van der Waals surface area contributed by atoms with Gasteiger partial charge in [-0.25, -0.2) is 4.57 Å². The van der Waals surface area contributed by atoms with Gasteiger partial charge in [0.05, 0.1) is 0 Å². The monoisotopic (exact) mass is 216 g/mol. The predicted molar refractivity (Wildman–Crippen MR) is 24.0 cm³/mol. The first-order valence-electron chi connectivity index (χ1n) is 1.68. The van der Waals surface area contributed by atoms with E-state index in [1.54, 1.807) is 0 Å². The third-order valence-corrected chi connectivity index (χ3v) is 0.874. The minimum atomic E-state index is -5.23. The van der Waals surface area contributed by atoms with Crippen molar-refractivity contribution in [3.8, 4) is 0 Å². The fourth-order valence-corrected chi connectivity index (χ4v) is 0.770. The first-order valence-corrected chi connectivity index (χ1v) is 4.71. The molecule has 1 unspecified atom stereocenters. The van der Waals surface area contributed by atoms with Crippen LogP contribution in [0.15, 0.2) is 0 Å². The number of phosphoric acid groups is 2. The van der Waals surface area contributed by atoms with E-state index in [2.05, 4.69) is 9.35 Å². The molecule has 0 aliphatic heterocycles. The predicted octanol–water partition coefficient (Wildman–Crippen LogP) is -4.51. The van der Waals surface area contributed by atoms with E-state index in [-0.39, 0.29) is 29.6 Å². The molecule has 0 aliphatic rings. The van der Waals surface area contributed by atoms with Gasteiger partial charge in [0.25, 0.3) is 7.82 Å². The van der Waals surface area contributed by atoms with Gasteiger partial charge in [0.2, 0.25) is 0 Å². The summed E-state index contributed by atoms with van der Waals surface area (Å²) in [6.07, 6.45) is 0. The van der Waals surface area contributed by atoms with Crippen molar-refractivity contribution >= 4 is 15.6 Å². The van der Waals surface area contributed by atoms with Crippen molar-refractivity contribution in [3.05, 3.63) is 0 Å². The average Bonchev–Trinajstić information content (AvgIpc) is 1.57. The van der Waals surface area contributed by atoms with Crippen molar-refractivity contribution in [1.82, 2.24) is 0 Å². The SMILES string of the molecule is O=P([O-])(O)OOP(=O)(O)O.[Na+]. The Labute approximate surface area is 83.2 Å². The Balaban J connectivity index is 0. The Kier molecular flexibility index (Phi) is 6.77. The Hall–Kier alpha value is 1.22. The van der Waals surface area contributed by atoms with Crippen LogP contribution >= 0.6 is 15.6 Å². The molecule has 0 bridgehead atoms. The molecule has 0 rings (SSSR count). The zero-order valence-corrected chi connectivity index (χ0v) is 9.07. The molecule has 0 fully saturated rings. The molecule has 0 saturated carbocycles. The fraction of sp³-hybridized carbons (Fsp3) is 0. The molecule has 62 valence electrons. The summed E-state index contributed by atoms with van der Waals surface area (Å²) in [6.45, 7) is 0. The minimum absolute atomic E-state index is 0. The van der Waals surface area contributed by atoms with Crippen LogP contribution in [0.2, 0.25) is 0 Å². The van der Waals surface area contributed by atoms with Gasteiger partial charge in [0, 0.05) is 0 Å². The van der Waals surface area contributed by atoms with Gasteiger partial charge in [-0.2, -0.15) is 4.67 Å². The van der Waals surface area contributed by atoms with Gasteiger partial charge in [0.15, 0.2) is 0 Å². The first-order chi connectivity index (χ1) is 4.21. The summed E-state index contributed by atoms with van der Waals surface area (Å²) in [5.74, 6) is 0. The Bertz CT molecular complexity index is 162. The van der Waals surface area contributed by atoms with E-state index >= 15 is 0 Å². The molecule has 0 aromatic heterocycles. The second-order valence-electron chi connectivity index (χ2n) is 1.11. The molecule has 0 aromatic carbocycles. The second-order valence-corrected chi connectivity index (χ2v) is 3.32.